The Morgan fingerprint density at radius 3 is 2.72 bits per heavy atom. The molecule has 1 heterocycles. The summed E-state index contributed by atoms with van der Waals surface area (Å²) in [6.45, 7) is 0. The van der Waals surface area contributed by atoms with Gasteiger partial charge in [-0.1, -0.05) is 35.6 Å². The lowest BCUT2D eigenvalue weighted by atomic mass is 10.1. The van der Waals surface area contributed by atoms with Crippen LogP contribution >= 0.6 is 11.3 Å². The number of benzene rings is 1. The van der Waals surface area contributed by atoms with Crippen molar-refractivity contribution in [3.8, 4) is 16.5 Å². The van der Waals surface area contributed by atoms with E-state index < -0.39 is 0 Å². The third kappa shape index (κ3) is 3.17. The van der Waals surface area contributed by atoms with Crippen molar-refractivity contribution in [1.82, 2.24) is 4.98 Å². The minimum atomic E-state index is 0.630. The molecule has 0 aliphatic heterocycles. The molecule has 94 valence electrons. The van der Waals surface area contributed by atoms with Gasteiger partial charge in [-0.25, -0.2) is 4.98 Å². The number of aromatic nitrogens is 1. The average Bonchev–Trinajstić information content (AvgIpc) is 2.89. The van der Waals surface area contributed by atoms with E-state index >= 15 is 0 Å². The van der Waals surface area contributed by atoms with Crippen molar-refractivity contribution in [2.45, 2.75) is 19.3 Å². The monoisotopic (exact) mass is 261 g/mol. The first-order valence-corrected chi connectivity index (χ1v) is 6.74. The second-order valence-electron chi connectivity index (χ2n) is 3.96. The van der Waals surface area contributed by atoms with Crippen LogP contribution in [-0.4, -0.2) is 18.4 Å². The largest absolute Gasteiger partial charge is 0.473 e. The summed E-state index contributed by atoms with van der Waals surface area (Å²) in [4.78, 5) is 14.6. The number of carbonyl (C=O) groups is 1. The summed E-state index contributed by atoms with van der Waals surface area (Å²) in [5.41, 5.74) is 3.28. The van der Waals surface area contributed by atoms with Crippen molar-refractivity contribution in [2.24, 2.45) is 0 Å². The maximum Gasteiger partial charge on any atom is 0.273 e. The average molecular weight is 261 g/mol. The molecule has 0 saturated heterocycles. The van der Waals surface area contributed by atoms with Gasteiger partial charge in [0.05, 0.1) is 12.8 Å². The molecular weight excluding hydrogens is 246 g/mol. The fraction of sp³-hybridized carbons (Fsp3) is 0.286. The Balaban J connectivity index is 2.04. The molecule has 0 aliphatic carbocycles. The van der Waals surface area contributed by atoms with E-state index in [-0.39, 0.29) is 0 Å². The number of unbranched alkanes of at least 4 members (excludes halogenated alkanes) is 1. The second-order valence-corrected chi connectivity index (χ2v) is 4.78. The zero-order chi connectivity index (χ0) is 12.8. The molecule has 0 spiro atoms. The van der Waals surface area contributed by atoms with Crippen molar-refractivity contribution in [3.05, 3.63) is 35.2 Å². The van der Waals surface area contributed by atoms with Crippen LogP contribution in [0.5, 0.6) is 5.19 Å². The molecule has 2 rings (SSSR count). The van der Waals surface area contributed by atoms with Crippen LogP contribution in [0.2, 0.25) is 0 Å². The Morgan fingerprint density at radius 2 is 2.11 bits per heavy atom. The van der Waals surface area contributed by atoms with Gasteiger partial charge in [-0.3, -0.25) is 0 Å². The van der Waals surface area contributed by atoms with E-state index in [9.17, 15) is 4.79 Å². The molecule has 3 nitrogen and oxygen atoms in total. The number of aldehydes is 1. The molecular formula is C14H15NO2S. The smallest absolute Gasteiger partial charge is 0.273 e. The molecule has 18 heavy (non-hydrogen) atoms. The van der Waals surface area contributed by atoms with Crippen LogP contribution in [0.3, 0.4) is 0 Å². The molecule has 1 aromatic heterocycles. The minimum absolute atomic E-state index is 0.630. The summed E-state index contributed by atoms with van der Waals surface area (Å²) in [7, 11) is 1.62. The number of thiazole rings is 1. The van der Waals surface area contributed by atoms with Crippen molar-refractivity contribution in [2.75, 3.05) is 7.11 Å². The van der Waals surface area contributed by atoms with Crippen LogP contribution in [-0.2, 0) is 11.2 Å². The lowest BCUT2D eigenvalue weighted by Gasteiger charge is -2.01. The van der Waals surface area contributed by atoms with Gasteiger partial charge >= 0.3 is 0 Å². The zero-order valence-electron chi connectivity index (χ0n) is 10.3. The molecule has 1 aromatic carbocycles. The highest BCUT2D eigenvalue weighted by Gasteiger charge is 2.04. The van der Waals surface area contributed by atoms with Gasteiger partial charge in [-0.05, 0) is 18.4 Å². The van der Waals surface area contributed by atoms with Gasteiger partial charge in [-0.2, -0.15) is 0 Å². The number of methoxy groups -OCH3 is 1. The summed E-state index contributed by atoms with van der Waals surface area (Å²) in [5, 5.41) is 2.67. The van der Waals surface area contributed by atoms with Gasteiger partial charge in [0.2, 0.25) is 0 Å². The van der Waals surface area contributed by atoms with E-state index in [1.807, 2.05) is 5.38 Å². The highest BCUT2D eigenvalue weighted by atomic mass is 32.1. The molecule has 0 amide bonds. The molecule has 2 aromatic rings. The van der Waals surface area contributed by atoms with Crippen LogP contribution < -0.4 is 4.74 Å². The molecule has 0 unspecified atom stereocenters. The van der Waals surface area contributed by atoms with Gasteiger partial charge in [0.25, 0.3) is 5.19 Å². The number of hydrogen-bond donors (Lipinski definition) is 0. The summed E-state index contributed by atoms with van der Waals surface area (Å²) in [6.07, 6.45) is 3.45. The summed E-state index contributed by atoms with van der Waals surface area (Å²) in [5.74, 6) is 0. The van der Waals surface area contributed by atoms with Crippen molar-refractivity contribution in [1.29, 1.82) is 0 Å². The van der Waals surface area contributed by atoms with Gasteiger partial charge < -0.3 is 9.53 Å². The lowest BCUT2D eigenvalue weighted by molar-refractivity contribution is -0.107. The zero-order valence-corrected chi connectivity index (χ0v) is 11.1. The SMILES string of the molecule is COc1nc(-c2ccc(CCCC=O)cc2)cs1. The van der Waals surface area contributed by atoms with Crippen LogP contribution in [0.4, 0.5) is 0 Å². The third-order valence-corrected chi connectivity index (χ3v) is 3.50. The van der Waals surface area contributed by atoms with E-state index in [1.165, 1.54) is 16.9 Å². The van der Waals surface area contributed by atoms with Crippen molar-refractivity contribution < 1.29 is 9.53 Å². The van der Waals surface area contributed by atoms with Crippen molar-refractivity contribution >= 4 is 17.6 Å². The molecule has 0 bridgehead atoms. The van der Waals surface area contributed by atoms with Gasteiger partial charge in [-0.15, -0.1) is 0 Å². The van der Waals surface area contributed by atoms with E-state index in [0.717, 1.165) is 30.4 Å². The lowest BCUT2D eigenvalue weighted by Crippen LogP contribution is -1.87. The minimum Gasteiger partial charge on any atom is -0.473 e. The Morgan fingerprint density at radius 1 is 1.33 bits per heavy atom. The Hall–Kier alpha value is -1.68. The van der Waals surface area contributed by atoms with Gasteiger partial charge in [0, 0.05) is 17.4 Å². The molecule has 4 heteroatoms. The predicted octanol–water partition coefficient (Wildman–Crippen LogP) is 3.34. The highest BCUT2D eigenvalue weighted by Crippen LogP contribution is 2.26. The van der Waals surface area contributed by atoms with Crippen LogP contribution in [0.25, 0.3) is 11.3 Å². The second kappa shape index (κ2) is 6.31. The third-order valence-electron chi connectivity index (χ3n) is 2.69. The van der Waals surface area contributed by atoms with Crippen LogP contribution in [0, 0.1) is 0 Å². The molecule has 0 fully saturated rings. The molecule has 0 saturated carbocycles. The fourth-order valence-corrected chi connectivity index (χ4v) is 2.36. The Kier molecular flexibility index (Phi) is 4.47. The topological polar surface area (TPSA) is 39.2 Å². The number of hydrogen-bond acceptors (Lipinski definition) is 4. The number of ether oxygens (including phenoxy) is 1. The van der Waals surface area contributed by atoms with E-state index in [2.05, 4.69) is 29.2 Å². The first-order chi connectivity index (χ1) is 8.83. The van der Waals surface area contributed by atoms with Crippen LogP contribution in [0.1, 0.15) is 18.4 Å². The summed E-state index contributed by atoms with van der Waals surface area (Å²) < 4.78 is 5.08. The predicted molar refractivity (Wildman–Crippen MR) is 73.1 cm³/mol. The summed E-state index contributed by atoms with van der Waals surface area (Å²) in [6, 6.07) is 8.30. The standard InChI is InChI=1S/C14H15NO2S/c1-17-14-15-13(10-18-14)12-7-5-11(6-8-12)4-2-3-9-16/h5-10H,2-4H2,1H3. The maximum atomic E-state index is 10.2. The van der Waals surface area contributed by atoms with Gasteiger partial charge in [0.1, 0.15) is 6.29 Å². The Labute approximate surface area is 110 Å². The van der Waals surface area contributed by atoms with E-state index in [4.69, 9.17) is 4.74 Å². The van der Waals surface area contributed by atoms with E-state index in [0.29, 0.717) is 11.6 Å². The number of nitrogens with zero attached hydrogens (tertiary/aromatic N) is 1. The number of rotatable bonds is 6. The normalized spacial score (nSPS) is 10.3. The first kappa shape index (κ1) is 12.8. The van der Waals surface area contributed by atoms with Gasteiger partial charge in [0.15, 0.2) is 0 Å². The first-order valence-electron chi connectivity index (χ1n) is 5.86. The number of aryl methyl sites for hydroxylation is 1. The molecule has 0 atom stereocenters. The molecule has 0 N–H and O–H groups in total. The molecule has 0 radical (unpaired) electrons. The quantitative estimate of drug-likeness (QED) is 0.591. The highest BCUT2D eigenvalue weighted by molar-refractivity contribution is 7.11. The Bertz CT molecular complexity index is 505. The molecule has 0 aliphatic rings. The summed E-state index contributed by atoms with van der Waals surface area (Å²) >= 11 is 1.49. The van der Waals surface area contributed by atoms with Crippen LogP contribution in [0.15, 0.2) is 29.6 Å². The number of carbonyl (C=O) groups excluding carboxylic acids is 1. The fourth-order valence-electron chi connectivity index (χ4n) is 1.72. The van der Waals surface area contributed by atoms with E-state index in [1.54, 1.807) is 7.11 Å². The van der Waals surface area contributed by atoms with Crippen molar-refractivity contribution in [3.63, 3.8) is 0 Å². The maximum absolute atomic E-state index is 10.2.